The summed E-state index contributed by atoms with van der Waals surface area (Å²) in [5.41, 5.74) is -0.406. The van der Waals surface area contributed by atoms with E-state index >= 15 is 0 Å². The van der Waals surface area contributed by atoms with Crippen molar-refractivity contribution in [2.75, 3.05) is 26.9 Å². The van der Waals surface area contributed by atoms with Crippen LogP contribution in [-0.4, -0.2) is 38.4 Å². The molecule has 2 fully saturated rings. The first-order valence-electron chi connectivity index (χ1n) is 6.18. The normalized spacial score (nSPS) is 31.6. The van der Waals surface area contributed by atoms with Gasteiger partial charge in [-0.25, -0.2) is 0 Å². The van der Waals surface area contributed by atoms with E-state index < -0.39 is 5.54 Å². The molecule has 0 spiro atoms. The van der Waals surface area contributed by atoms with Crippen LogP contribution >= 0.6 is 0 Å². The summed E-state index contributed by atoms with van der Waals surface area (Å²) in [4.78, 5) is 11.9. The molecule has 2 aliphatic heterocycles. The Labute approximate surface area is 96.7 Å². The van der Waals surface area contributed by atoms with Crippen LogP contribution in [0.2, 0.25) is 0 Å². The monoisotopic (exact) mass is 227 g/mol. The van der Waals surface area contributed by atoms with E-state index in [1.807, 2.05) is 0 Å². The molecule has 0 amide bonds. The summed E-state index contributed by atoms with van der Waals surface area (Å²) in [5.74, 6) is 0.509. The van der Waals surface area contributed by atoms with E-state index in [1.54, 1.807) is 0 Å². The van der Waals surface area contributed by atoms with Crippen molar-refractivity contribution in [3.8, 4) is 0 Å². The second-order valence-electron chi connectivity index (χ2n) is 4.86. The van der Waals surface area contributed by atoms with Gasteiger partial charge in [0.05, 0.1) is 7.11 Å². The first kappa shape index (κ1) is 11.9. The summed E-state index contributed by atoms with van der Waals surface area (Å²) < 4.78 is 10.3. The van der Waals surface area contributed by atoms with E-state index in [2.05, 4.69) is 5.32 Å². The van der Waals surface area contributed by atoms with Crippen LogP contribution in [0.3, 0.4) is 0 Å². The summed E-state index contributed by atoms with van der Waals surface area (Å²) in [6.45, 7) is 2.60. The van der Waals surface area contributed by atoms with Crippen molar-refractivity contribution < 1.29 is 14.3 Å². The van der Waals surface area contributed by atoms with Crippen molar-refractivity contribution in [2.24, 2.45) is 5.92 Å². The third kappa shape index (κ3) is 2.38. The molecule has 0 aromatic carbocycles. The van der Waals surface area contributed by atoms with Gasteiger partial charge in [0, 0.05) is 13.2 Å². The first-order valence-corrected chi connectivity index (χ1v) is 6.18. The standard InChI is InChI=1S/C12H21NO3/c1-15-11(14)12(5-2-6-13-12)9-10-3-7-16-8-4-10/h10,13H,2-9H2,1H3. The average molecular weight is 227 g/mol. The average Bonchev–Trinajstić information content (AvgIpc) is 2.79. The van der Waals surface area contributed by atoms with Gasteiger partial charge in [-0.05, 0) is 44.6 Å². The molecule has 1 N–H and O–H groups in total. The Bertz CT molecular complexity index is 243. The number of carbonyl (C=O) groups excluding carboxylic acids is 1. The maximum atomic E-state index is 11.9. The minimum absolute atomic E-state index is 0.0866. The Hall–Kier alpha value is -0.610. The van der Waals surface area contributed by atoms with Crippen molar-refractivity contribution in [1.82, 2.24) is 5.32 Å². The largest absolute Gasteiger partial charge is 0.468 e. The molecule has 0 radical (unpaired) electrons. The Kier molecular flexibility index (Phi) is 3.82. The molecule has 4 heteroatoms. The van der Waals surface area contributed by atoms with E-state index in [9.17, 15) is 4.79 Å². The minimum atomic E-state index is -0.406. The van der Waals surface area contributed by atoms with Crippen molar-refractivity contribution in [1.29, 1.82) is 0 Å². The highest BCUT2D eigenvalue weighted by atomic mass is 16.5. The highest BCUT2D eigenvalue weighted by Gasteiger charge is 2.43. The van der Waals surface area contributed by atoms with Crippen LogP contribution < -0.4 is 5.32 Å². The second-order valence-corrected chi connectivity index (χ2v) is 4.86. The third-order valence-electron chi connectivity index (χ3n) is 3.80. The zero-order chi connectivity index (χ0) is 11.4. The molecule has 2 heterocycles. The Morgan fingerprint density at radius 2 is 2.25 bits per heavy atom. The lowest BCUT2D eigenvalue weighted by Crippen LogP contribution is -2.50. The van der Waals surface area contributed by atoms with Crippen LogP contribution in [0.15, 0.2) is 0 Å². The number of hydrogen-bond donors (Lipinski definition) is 1. The fraction of sp³-hybridized carbons (Fsp3) is 0.917. The molecule has 2 aliphatic rings. The molecule has 1 atom stereocenters. The molecule has 0 aromatic rings. The first-order chi connectivity index (χ1) is 7.77. The Morgan fingerprint density at radius 3 is 2.81 bits per heavy atom. The Morgan fingerprint density at radius 1 is 1.50 bits per heavy atom. The van der Waals surface area contributed by atoms with Crippen molar-refractivity contribution in [3.63, 3.8) is 0 Å². The lowest BCUT2D eigenvalue weighted by molar-refractivity contribution is -0.149. The number of methoxy groups -OCH3 is 1. The predicted octanol–water partition coefficient (Wildman–Crippen LogP) is 1.10. The zero-order valence-electron chi connectivity index (χ0n) is 9.96. The van der Waals surface area contributed by atoms with Gasteiger partial charge in [0.25, 0.3) is 0 Å². The topological polar surface area (TPSA) is 47.6 Å². The number of rotatable bonds is 3. The molecule has 4 nitrogen and oxygen atoms in total. The lowest BCUT2D eigenvalue weighted by atomic mass is 9.82. The van der Waals surface area contributed by atoms with Gasteiger partial charge >= 0.3 is 5.97 Å². The van der Waals surface area contributed by atoms with Crippen molar-refractivity contribution >= 4 is 5.97 Å². The quantitative estimate of drug-likeness (QED) is 0.733. The molecule has 16 heavy (non-hydrogen) atoms. The number of ether oxygens (including phenoxy) is 2. The maximum Gasteiger partial charge on any atom is 0.326 e. The summed E-state index contributed by atoms with van der Waals surface area (Å²) in [7, 11) is 1.48. The lowest BCUT2D eigenvalue weighted by Gasteiger charge is -2.32. The van der Waals surface area contributed by atoms with E-state index in [0.717, 1.165) is 51.9 Å². The smallest absolute Gasteiger partial charge is 0.326 e. The molecule has 1 unspecified atom stereocenters. The van der Waals surface area contributed by atoms with Gasteiger partial charge in [-0.3, -0.25) is 4.79 Å². The maximum absolute atomic E-state index is 11.9. The van der Waals surface area contributed by atoms with E-state index in [4.69, 9.17) is 9.47 Å². The van der Waals surface area contributed by atoms with Gasteiger partial charge in [0.1, 0.15) is 5.54 Å². The molecule has 2 saturated heterocycles. The molecule has 0 saturated carbocycles. The molecule has 2 rings (SSSR count). The van der Waals surface area contributed by atoms with E-state index in [-0.39, 0.29) is 5.97 Å². The summed E-state index contributed by atoms with van der Waals surface area (Å²) in [6, 6.07) is 0. The Balaban J connectivity index is 1.98. The third-order valence-corrected chi connectivity index (χ3v) is 3.80. The molecular weight excluding hydrogens is 206 g/mol. The van der Waals surface area contributed by atoms with Crippen LogP contribution in [0.1, 0.15) is 32.1 Å². The van der Waals surface area contributed by atoms with Crippen molar-refractivity contribution in [2.45, 2.75) is 37.6 Å². The van der Waals surface area contributed by atoms with Crippen LogP contribution in [0, 0.1) is 5.92 Å². The van der Waals surface area contributed by atoms with E-state index in [1.165, 1.54) is 7.11 Å². The van der Waals surface area contributed by atoms with Crippen LogP contribution in [0.5, 0.6) is 0 Å². The van der Waals surface area contributed by atoms with Gasteiger partial charge < -0.3 is 14.8 Å². The SMILES string of the molecule is COC(=O)C1(CC2CCOCC2)CCCN1. The van der Waals surface area contributed by atoms with Crippen LogP contribution in [-0.2, 0) is 14.3 Å². The summed E-state index contributed by atoms with van der Waals surface area (Å²) >= 11 is 0. The minimum Gasteiger partial charge on any atom is -0.468 e. The number of nitrogens with one attached hydrogen (secondary N) is 1. The van der Waals surface area contributed by atoms with Crippen LogP contribution in [0.4, 0.5) is 0 Å². The van der Waals surface area contributed by atoms with Gasteiger partial charge in [0.2, 0.25) is 0 Å². The van der Waals surface area contributed by atoms with E-state index in [0.29, 0.717) is 5.92 Å². The predicted molar refractivity (Wildman–Crippen MR) is 60.1 cm³/mol. The molecule has 0 aromatic heterocycles. The number of esters is 1. The molecule has 0 bridgehead atoms. The zero-order valence-corrected chi connectivity index (χ0v) is 9.96. The number of carbonyl (C=O) groups is 1. The van der Waals surface area contributed by atoms with Gasteiger partial charge in [-0.15, -0.1) is 0 Å². The van der Waals surface area contributed by atoms with Gasteiger partial charge in [-0.2, -0.15) is 0 Å². The molecular formula is C12H21NO3. The summed E-state index contributed by atoms with van der Waals surface area (Å²) in [6.07, 6.45) is 5.03. The molecule has 0 aliphatic carbocycles. The fourth-order valence-electron chi connectivity index (χ4n) is 2.88. The van der Waals surface area contributed by atoms with Crippen molar-refractivity contribution in [3.05, 3.63) is 0 Å². The highest BCUT2D eigenvalue weighted by molar-refractivity contribution is 5.81. The van der Waals surface area contributed by atoms with Crippen LogP contribution in [0.25, 0.3) is 0 Å². The van der Waals surface area contributed by atoms with Gasteiger partial charge in [0.15, 0.2) is 0 Å². The fourth-order valence-corrected chi connectivity index (χ4v) is 2.88. The summed E-state index contributed by atoms with van der Waals surface area (Å²) in [5, 5.41) is 3.35. The number of hydrogen-bond acceptors (Lipinski definition) is 4. The molecule has 92 valence electrons. The highest BCUT2D eigenvalue weighted by Crippen LogP contribution is 2.32. The second kappa shape index (κ2) is 5.15. The van der Waals surface area contributed by atoms with Gasteiger partial charge in [-0.1, -0.05) is 0 Å².